The van der Waals surface area contributed by atoms with Crippen LogP contribution in [0.15, 0.2) is 61.3 Å². The molecule has 0 bridgehead atoms. The first-order valence-electron chi connectivity index (χ1n) is 13.0. The minimum atomic E-state index is -4.71. The molecule has 0 unspecified atom stereocenters. The molecule has 1 aromatic heterocycles. The highest BCUT2D eigenvalue weighted by Crippen LogP contribution is 2.36. The third-order valence-electron chi connectivity index (χ3n) is 6.80. The maximum Gasteiger partial charge on any atom is 0.421 e. The van der Waals surface area contributed by atoms with Gasteiger partial charge >= 0.3 is 6.18 Å². The van der Waals surface area contributed by atoms with Crippen molar-refractivity contribution < 1.29 is 27.2 Å². The molecule has 2 aromatic carbocycles. The molecule has 3 aromatic rings. The molecule has 0 atom stereocenters. The summed E-state index contributed by atoms with van der Waals surface area (Å²) in [5.41, 5.74) is 2.16. The van der Waals surface area contributed by atoms with E-state index in [0.717, 1.165) is 30.0 Å². The lowest BCUT2D eigenvalue weighted by atomic mass is 9.88. The number of hydrogen-bond acceptors (Lipinski definition) is 6. The van der Waals surface area contributed by atoms with Crippen LogP contribution in [0.4, 0.5) is 46.4 Å². The van der Waals surface area contributed by atoms with Crippen LogP contribution < -0.4 is 16.0 Å². The molecule has 1 fully saturated rings. The highest BCUT2D eigenvalue weighted by molar-refractivity contribution is 5.99. The smallest absolute Gasteiger partial charge is 0.343 e. The molecule has 1 aliphatic rings. The van der Waals surface area contributed by atoms with E-state index in [1.165, 1.54) is 6.07 Å². The van der Waals surface area contributed by atoms with Crippen molar-refractivity contribution >= 4 is 40.6 Å². The molecule has 1 aliphatic heterocycles. The van der Waals surface area contributed by atoms with Crippen molar-refractivity contribution in [3.05, 3.63) is 78.0 Å². The molecule has 3 N–H and O–H groups in total. The van der Waals surface area contributed by atoms with E-state index in [1.54, 1.807) is 23.1 Å². The zero-order valence-corrected chi connectivity index (χ0v) is 22.4. The van der Waals surface area contributed by atoms with Crippen molar-refractivity contribution in [2.45, 2.75) is 38.3 Å². The molecule has 1 saturated heterocycles. The largest absolute Gasteiger partial charge is 0.421 e. The first-order chi connectivity index (χ1) is 19.6. The number of piperidine rings is 1. The lowest BCUT2D eigenvalue weighted by Gasteiger charge is -2.32. The minimum absolute atomic E-state index is 0.0350. The van der Waals surface area contributed by atoms with E-state index in [9.17, 15) is 27.2 Å². The zero-order valence-electron chi connectivity index (χ0n) is 22.4. The van der Waals surface area contributed by atoms with Crippen LogP contribution in [0.3, 0.4) is 0 Å². The molecular formula is C29H30F4N6O2. The van der Waals surface area contributed by atoms with Gasteiger partial charge in [-0.1, -0.05) is 24.8 Å². The normalized spacial score (nSPS) is 13.9. The number of benzene rings is 2. The van der Waals surface area contributed by atoms with E-state index in [4.69, 9.17) is 0 Å². The molecule has 41 heavy (non-hydrogen) atoms. The van der Waals surface area contributed by atoms with Gasteiger partial charge in [-0.15, -0.1) is 0 Å². The summed E-state index contributed by atoms with van der Waals surface area (Å²) < 4.78 is 53.8. The van der Waals surface area contributed by atoms with Crippen LogP contribution in [0, 0.1) is 6.92 Å². The standard InChI is InChI=1S/C29H30F4N6O2/c1-3-25(40)35-21-5-4-6-22(16-21)36-27-23(29(31,32)33)17-34-28(38-27)37-24-8-7-20(15-18(24)2)19-10-13-39(14-11-19)26(41)9-12-30/h3-8,15-17,19H,1,9-14H2,2H3,(H,35,40)(H2,34,36,37,38). The third kappa shape index (κ3) is 7.59. The summed E-state index contributed by atoms with van der Waals surface area (Å²) in [5.74, 6) is -0.874. The first kappa shape index (κ1) is 29.5. The van der Waals surface area contributed by atoms with Crippen LogP contribution in [0.1, 0.15) is 41.9 Å². The molecule has 0 spiro atoms. The summed E-state index contributed by atoms with van der Waals surface area (Å²) in [6.45, 7) is 5.74. The van der Waals surface area contributed by atoms with E-state index in [-0.39, 0.29) is 29.9 Å². The van der Waals surface area contributed by atoms with Crippen molar-refractivity contribution in [3.63, 3.8) is 0 Å². The zero-order chi connectivity index (χ0) is 29.6. The number of carbonyl (C=O) groups excluding carboxylic acids is 2. The Morgan fingerprint density at radius 3 is 2.49 bits per heavy atom. The average Bonchev–Trinajstić information content (AvgIpc) is 2.94. The fourth-order valence-electron chi connectivity index (χ4n) is 4.65. The van der Waals surface area contributed by atoms with Crippen LogP contribution >= 0.6 is 0 Å². The Kier molecular flexibility index (Phi) is 9.21. The van der Waals surface area contributed by atoms with Gasteiger partial charge in [0, 0.05) is 36.3 Å². The number of rotatable bonds is 9. The second kappa shape index (κ2) is 12.8. The number of aromatic nitrogens is 2. The molecule has 4 rings (SSSR count). The molecule has 0 radical (unpaired) electrons. The SMILES string of the molecule is C=CC(=O)Nc1cccc(Nc2nc(Nc3ccc(C4CCN(C(=O)CCF)CC4)cc3C)ncc2C(F)(F)F)c1. The lowest BCUT2D eigenvalue weighted by molar-refractivity contribution is -0.137. The quantitative estimate of drug-likeness (QED) is 0.201. The van der Waals surface area contributed by atoms with Crippen molar-refractivity contribution in [1.82, 2.24) is 14.9 Å². The topological polar surface area (TPSA) is 99.2 Å². The predicted octanol–water partition coefficient (Wildman–Crippen LogP) is 6.48. The van der Waals surface area contributed by atoms with Gasteiger partial charge in [0.25, 0.3) is 0 Å². The molecule has 8 nitrogen and oxygen atoms in total. The highest BCUT2D eigenvalue weighted by atomic mass is 19.4. The van der Waals surface area contributed by atoms with Gasteiger partial charge in [0.05, 0.1) is 13.1 Å². The molecule has 12 heteroatoms. The Bertz CT molecular complexity index is 1420. The lowest BCUT2D eigenvalue weighted by Crippen LogP contribution is -2.38. The Balaban J connectivity index is 1.50. The van der Waals surface area contributed by atoms with Crippen LogP contribution in [-0.2, 0) is 15.8 Å². The van der Waals surface area contributed by atoms with E-state index < -0.39 is 30.1 Å². The number of nitrogens with one attached hydrogen (secondary N) is 3. The third-order valence-corrected chi connectivity index (χ3v) is 6.80. The van der Waals surface area contributed by atoms with Gasteiger partial charge in [-0.3, -0.25) is 14.0 Å². The second-order valence-electron chi connectivity index (χ2n) is 9.65. The molecule has 2 amide bonds. The van der Waals surface area contributed by atoms with Gasteiger partial charge in [0.2, 0.25) is 17.8 Å². The van der Waals surface area contributed by atoms with Crippen LogP contribution in [-0.4, -0.2) is 46.4 Å². The number of alkyl halides is 4. The van der Waals surface area contributed by atoms with E-state index in [2.05, 4.69) is 32.5 Å². The summed E-state index contributed by atoms with van der Waals surface area (Å²) >= 11 is 0. The average molecular weight is 571 g/mol. The number of likely N-dealkylation sites (tertiary alicyclic amines) is 1. The Morgan fingerprint density at radius 1 is 1.10 bits per heavy atom. The number of hydrogen-bond donors (Lipinski definition) is 3. The van der Waals surface area contributed by atoms with Gasteiger partial charge < -0.3 is 20.9 Å². The fourth-order valence-corrected chi connectivity index (χ4v) is 4.65. The van der Waals surface area contributed by atoms with E-state index >= 15 is 0 Å². The van der Waals surface area contributed by atoms with Crippen molar-refractivity contribution in [1.29, 1.82) is 0 Å². The Labute approximate surface area is 234 Å². The molecular weight excluding hydrogens is 540 g/mol. The fraction of sp³-hybridized carbons (Fsp3) is 0.310. The minimum Gasteiger partial charge on any atom is -0.343 e. The van der Waals surface area contributed by atoms with Gasteiger partial charge in [0.1, 0.15) is 11.4 Å². The van der Waals surface area contributed by atoms with Crippen LogP contribution in [0.5, 0.6) is 0 Å². The summed E-state index contributed by atoms with van der Waals surface area (Å²) in [5, 5.41) is 8.25. The van der Waals surface area contributed by atoms with Crippen LogP contribution in [0.25, 0.3) is 0 Å². The highest BCUT2D eigenvalue weighted by Gasteiger charge is 2.35. The number of anilines is 5. The first-order valence-corrected chi connectivity index (χ1v) is 13.0. The van der Waals surface area contributed by atoms with Crippen molar-refractivity contribution in [3.8, 4) is 0 Å². The van der Waals surface area contributed by atoms with Gasteiger partial charge in [-0.2, -0.15) is 18.2 Å². The number of amides is 2. The maximum atomic E-state index is 13.8. The van der Waals surface area contributed by atoms with Crippen molar-refractivity contribution in [2.75, 3.05) is 35.7 Å². The van der Waals surface area contributed by atoms with Gasteiger partial charge in [-0.05, 0) is 67.2 Å². The van der Waals surface area contributed by atoms with E-state index in [1.807, 2.05) is 25.1 Å². The van der Waals surface area contributed by atoms with Crippen molar-refractivity contribution in [2.24, 2.45) is 0 Å². The second-order valence-corrected chi connectivity index (χ2v) is 9.65. The Morgan fingerprint density at radius 2 is 1.83 bits per heavy atom. The molecule has 0 saturated carbocycles. The number of aryl methyl sites for hydroxylation is 1. The number of carbonyl (C=O) groups is 2. The van der Waals surface area contributed by atoms with Crippen LogP contribution in [0.2, 0.25) is 0 Å². The van der Waals surface area contributed by atoms with Gasteiger partial charge in [-0.25, -0.2) is 4.98 Å². The predicted molar refractivity (Wildman–Crippen MR) is 149 cm³/mol. The molecule has 216 valence electrons. The summed E-state index contributed by atoms with van der Waals surface area (Å²) in [7, 11) is 0. The summed E-state index contributed by atoms with van der Waals surface area (Å²) in [6, 6.07) is 11.9. The van der Waals surface area contributed by atoms with Gasteiger partial charge in [0.15, 0.2) is 0 Å². The maximum absolute atomic E-state index is 13.8. The molecule has 0 aliphatic carbocycles. The monoisotopic (exact) mass is 570 g/mol. The summed E-state index contributed by atoms with van der Waals surface area (Å²) in [6.07, 6.45) is -1.48. The Hall–Kier alpha value is -4.48. The van der Waals surface area contributed by atoms with E-state index in [0.29, 0.717) is 30.7 Å². The number of nitrogens with zero attached hydrogens (tertiary/aromatic N) is 3. The molecule has 2 heterocycles. The number of halogens is 4. The summed E-state index contributed by atoms with van der Waals surface area (Å²) in [4.78, 5) is 33.3.